The summed E-state index contributed by atoms with van der Waals surface area (Å²) in [6, 6.07) is 14.4. The number of amides is 2. The van der Waals surface area contributed by atoms with E-state index in [4.69, 9.17) is 14.2 Å². The third kappa shape index (κ3) is 6.64. The lowest BCUT2D eigenvalue weighted by Gasteiger charge is -2.32. The normalized spacial score (nSPS) is 14.1. The first-order chi connectivity index (χ1) is 15.1. The number of piperidine rings is 1. The highest BCUT2D eigenvalue weighted by Gasteiger charge is 2.24. The Labute approximate surface area is 183 Å². The summed E-state index contributed by atoms with van der Waals surface area (Å²) >= 11 is 0. The number of hydrogen-bond acceptors (Lipinski definition) is 5. The van der Waals surface area contributed by atoms with Crippen molar-refractivity contribution in [2.75, 3.05) is 32.9 Å². The number of carbonyl (C=O) groups is 2. The largest absolute Gasteiger partial charge is 0.494 e. The molecule has 0 atom stereocenters. The molecule has 0 bridgehead atoms. The lowest BCUT2D eigenvalue weighted by molar-refractivity contribution is -0.134. The number of ether oxygens (including phenoxy) is 3. The molecule has 0 radical (unpaired) electrons. The molecule has 7 heteroatoms. The van der Waals surface area contributed by atoms with Crippen LogP contribution in [0.25, 0.3) is 0 Å². The van der Waals surface area contributed by atoms with E-state index < -0.39 is 0 Å². The molecule has 2 aromatic rings. The van der Waals surface area contributed by atoms with Crippen LogP contribution >= 0.6 is 0 Å². The second-order valence-electron chi connectivity index (χ2n) is 7.28. The summed E-state index contributed by atoms with van der Waals surface area (Å²) in [6.45, 7) is 6.24. The zero-order valence-corrected chi connectivity index (χ0v) is 18.1. The maximum Gasteiger partial charge on any atom is 0.260 e. The van der Waals surface area contributed by atoms with Gasteiger partial charge in [0.2, 0.25) is 0 Å². The van der Waals surface area contributed by atoms with Crippen LogP contribution in [-0.2, 0) is 4.79 Å². The van der Waals surface area contributed by atoms with Crippen LogP contribution in [0.2, 0.25) is 0 Å². The Hall–Kier alpha value is -3.22. The van der Waals surface area contributed by atoms with Gasteiger partial charge in [0.15, 0.2) is 6.61 Å². The molecule has 1 fully saturated rings. The first-order valence-corrected chi connectivity index (χ1v) is 10.8. The molecule has 1 heterocycles. The fourth-order valence-corrected chi connectivity index (χ4v) is 3.45. The first-order valence-electron chi connectivity index (χ1n) is 10.8. The molecular formula is C24H30N2O5. The van der Waals surface area contributed by atoms with E-state index in [0.717, 1.165) is 24.3 Å². The van der Waals surface area contributed by atoms with Crippen LogP contribution < -0.4 is 19.5 Å². The fourth-order valence-electron chi connectivity index (χ4n) is 3.45. The quantitative estimate of drug-likeness (QED) is 0.666. The maximum atomic E-state index is 12.5. The number of nitrogens with zero attached hydrogens (tertiary/aromatic N) is 1. The molecule has 166 valence electrons. The summed E-state index contributed by atoms with van der Waals surface area (Å²) < 4.78 is 16.4. The van der Waals surface area contributed by atoms with Crippen LogP contribution in [0.3, 0.4) is 0 Å². The smallest absolute Gasteiger partial charge is 0.260 e. The van der Waals surface area contributed by atoms with Crippen LogP contribution in [0.4, 0.5) is 0 Å². The van der Waals surface area contributed by atoms with Crippen molar-refractivity contribution in [3.05, 3.63) is 54.1 Å². The van der Waals surface area contributed by atoms with Crippen LogP contribution in [0, 0.1) is 0 Å². The van der Waals surface area contributed by atoms with Gasteiger partial charge in [0, 0.05) is 24.7 Å². The van der Waals surface area contributed by atoms with Gasteiger partial charge in [0.1, 0.15) is 17.2 Å². The van der Waals surface area contributed by atoms with E-state index in [9.17, 15) is 9.59 Å². The molecule has 0 aromatic heterocycles. The van der Waals surface area contributed by atoms with Crippen LogP contribution in [0.15, 0.2) is 48.5 Å². The Balaban J connectivity index is 1.40. The molecule has 0 saturated carbocycles. The second kappa shape index (κ2) is 11.2. The van der Waals surface area contributed by atoms with E-state index in [1.165, 1.54) is 0 Å². The van der Waals surface area contributed by atoms with Gasteiger partial charge in [0.25, 0.3) is 11.8 Å². The summed E-state index contributed by atoms with van der Waals surface area (Å²) in [7, 11) is 0. The monoisotopic (exact) mass is 426 g/mol. The van der Waals surface area contributed by atoms with Gasteiger partial charge in [-0.1, -0.05) is 0 Å². The Morgan fingerprint density at radius 1 is 0.839 bits per heavy atom. The fraction of sp³-hybridized carbons (Fsp3) is 0.417. The zero-order valence-electron chi connectivity index (χ0n) is 18.1. The summed E-state index contributed by atoms with van der Waals surface area (Å²) in [6.07, 6.45) is 1.44. The van der Waals surface area contributed by atoms with Gasteiger partial charge in [-0.25, -0.2) is 0 Å². The van der Waals surface area contributed by atoms with Crippen molar-refractivity contribution in [1.82, 2.24) is 10.2 Å². The van der Waals surface area contributed by atoms with Gasteiger partial charge in [-0.05, 0) is 75.2 Å². The number of rotatable bonds is 9. The molecule has 7 nitrogen and oxygen atoms in total. The maximum absolute atomic E-state index is 12.5. The van der Waals surface area contributed by atoms with Crippen molar-refractivity contribution >= 4 is 11.8 Å². The Morgan fingerprint density at radius 2 is 1.32 bits per heavy atom. The average molecular weight is 427 g/mol. The minimum absolute atomic E-state index is 0.00279. The van der Waals surface area contributed by atoms with E-state index in [-0.39, 0.29) is 24.5 Å². The highest BCUT2D eigenvalue weighted by molar-refractivity contribution is 5.94. The standard InChI is InChI=1S/C24H30N2O5/c1-3-29-20-7-5-18(6-8-20)24(28)25-19-13-15-26(16-14-19)23(27)17-31-22-11-9-21(10-12-22)30-4-2/h5-12,19H,3-4,13-17H2,1-2H3,(H,25,28). The highest BCUT2D eigenvalue weighted by Crippen LogP contribution is 2.18. The Morgan fingerprint density at radius 3 is 1.84 bits per heavy atom. The van der Waals surface area contributed by atoms with E-state index in [2.05, 4.69) is 5.32 Å². The molecule has 1 saturated heterocycles. The second-order valence-corrected chi connectivity index (χ2v) is 7.28. The van der Waals surface area contributed by atoms with Crippen molar-refractivity contribution in [1.29, 1.82) is 0 Å². The Bertz CT molecular complexity index is 843. The minimum atomic E-state index is -0.105. The van der Waals surface area contributed by atoms with Crippen LogP contribution in [0.1, 0.15) is 37.0 Å². The number of carbonyl (C=O) groups excluding carboxylic acids is 2. The molecule has 0 aliphatic carbocycles. The third-order valence-electron chi connectivity index (χ3n) is 5.11. The zero-order chi connectivity index (χ0) is 22.1. The van der Waals surface area contributed by atoms with Gasteiger partial charge >= 0.3 is 0 Å². The molecule has 1 N–H and O–H groups in total. The summed E-state index contributed by atoms with van der Waals surface area (Å²) in [5.41, 5.74) is 0.603. The van der Waals surface area contributed by atoms with E-state index >= 15 is 0 Å². The molecule has 0 unspecified atom stereocenters. The van der Waals surface area contributed by atoms with Crippen LogP contribution in [0.5, 0.6) is 17.2 Å². The van der Waals surface area contributed by atoms with Crippen molar-refractivity contribution < 1.29 is 23.8 Å². The van der Waals surface area contributed by atoms with Crippen LogP contribution in [-0.4, -0.2) is 55.7 Å². The van der Waals surface area contributed by atoms with Gasteiger partial charge in [-0.3, -0.25) is 9.59 Å². The van der Waals surface area contributed by atoms with Crippen molar-refractivity contribution in [3.63, 3.8) is 0 Å². The highest BCUT2D eigenvalue weighted by atomic mass is 16.5. The van der Waals surface area contributed by atoms with Gasteiger partial charge in [0.05, 0.1) is 13.2 Å². The molecule has 2 aromatic carbocycles. The average Bonchev–Trinajstić information content (AvgIpc) is 2.80. The predicted molar refractivity (Wildman–Crippen MR) is 118 cm³/mol. The van der Waals surface area contributed by atoms with Gasteiger partial charge in [-0.15, -0.1) is 0 Å². The predicted octanol–water partition coefficient (Wildman–Crippen LogP) is 3.28. The molecule has 31 heavy (non-hydrogen) atoms. The SMILES string of the molecule is CCOc1ccc(OCC(=O)N2CCC(NC(=O)c3ccc(OCC)cc3)CC2)cc1. The van der Waals surface area contributed by atoms with Crippen molar-refractivity contribution in [3.8, 4) is 17.2 Å². The summed E-state index contributed by atoms with van der Waals surface area (Å²) in [4.78, 5) is 26.7. The molecule has 1 aliphatic heterocycles. The van der Waals surface area contributed by atoms with Gasteiger partial charge in [-0.2, -0.15) is 0 Å². The first kappa shape index (κ1) is 22.5. The number of nitrogens with one attached hydrogen (secondary N) is 1. The minimum Gasteiger partial charge on any atom is -0.494 e. The lowest BCUT2D eigenvalue weighted by atomic mass is 10.0. The van der Waals surface area contributed by atoms with E-state index in [1.54, 1.807) is 41.3 Å². The molecular weight excluding hydrogens is 396 g/mol. The topological polar surface area (TPSA) is 77.1 Å². The number of hydrogen-bond donors (Lipinski definition) is 1. The lowest BCUT2D eigenvalue weighted by Crippen LogP contribution is -2.47. The summed E-state index contributed by atoms with van der Waals surface area (Å²) in [5, 5.41) is 3.06. The van der Waals surface area contributed by atoms with Crippen molar-refractivity contribution in [2.45, 2.75) is 32.7 Å². The third-order valence-corrected chi connectivity index (χ3v) is 5.11. The summed E-state index contributed by atoms with van der Waals surface area (Å²) in [5.74, 6) is 2.00. The molecule has 1 aliphatic rings. The van der Waals surface area contributed by atoms with E-state index in [0.29, 0.717) is 37.6 Å². The molecule has 2 amide bonds. The van der Waals surface area contributed by atoms with Gasteiger partial charge < -0.3 is 24.4 Å². The van der Waals surface area contributed by atoms with Crippen molar-refractivity contribution in [2.24, 2.45) is 0 Å². The van der Waals surface area contributed by atoms with E-state index in [1.807, 2.05) is 26.0 Å². The molecule has 3 rings (SSSR count). The Kier molecular flexibility index (Phi) is 8.15. The number of benzene rings is 2. The molecule has 0 spiro atoms. The number of likely N-dealkylation sites (tertiary alicyclic amines) is 1.